The van der Waals surface area contributed by atoms with Gasteiger partial charge >= 0.3 is 18.0 Å². The second-order valence-corrected chi connectivity index (χ2v) is 8.56. The van der Waals surface area contributed by atoms with Crippen molar-refractivity contribution in [3.8, 4) is 11.1 Å². The predicted octanol–water partition coefficient (Wildman–Crippen LogP) is 4.54. The molecule has 1 aliphatic rings. The van der Waals surface area contributed by atoms with Crippen LogP contribution in [0, 0.1) is 0 Å². The zero-order chi connectivity index (χ0) is 24.8. The minimum atomic E-state index is -1.46. The summed E-state index contributed by atoms with van der Waals surface area (Å²) in [5.74, 6) is -2.20. The smallest absolute Gasteiger partial charge is 0.407 e. The number of hydrogen-bond acceptors (Lipinski definition) is 5. The van der Waals surface area contributed by atoms with Crippen molar-refractivity contribution in [1.82, 2.24) is 5.32 Å². The number of carbonyl (C=O) groups is 3. The molecular weight excluding hydrogens is 446 g/mol. The minimum absolute atomic E-state index is 0.0464. The number of carboxylic acid groups (broad SMARTS) is 1. The van der Waals surface area contributed by atoms with Crippen LogP contribution in [0.1, 0.15) is 36.0 Å². The fourth-order valence-electron chi connectivity index (χ4n) is 4.41. The average molecular weight is 474 g/mol. The molecule has 3 aromatic rings. The lowest BCUT2D eigenvalue weighted by atomic mass is 9.98. The van der Waals surface area contributed by atoms with Crippen LogP contribution < -0.4 is 5.32 Å². The molecule has 2 atom stereocenters. The van der Waals surface area contributed by atoms with Gasteiger partial charge in [-0.3, -0.25) is 4.79 Å². The van der Waals surface area contributed by atoms with Crippen molar-refractivity contribution < 1.29 is 29.0 Å². The van der Waals surface area contributed by atoms with E-state index in [1.807, 2.05) is 78.9 Å². The molecule has 0 saturated heterocycles. The number of benzene rings is 3. The summed E-state index contributed by atoms with van der Waals surface area (Å²) in [6.07, 6.45) is -1.33. The standard InChI is InChI=1S/C28H27NO6/c1-18(15-19-9-3-2-4-10-19)35-26(30)16-25(27(31)32)29-28(33)34-17-24-22-13-7-5-11-20(22)21-12-6-8-14-23(21)24/h2-14,18,24-25H,15-17H2,1H3,(H,29,33)(H,31,32)/t18-,25+/m1/s1. The summed E-state index contributed by atoms with van der Waals surface area (Å²) in [7, 11) is 0. The van der Waals surface area contributed by atoms with Crippen LogP contribution in [0.25, 0.3) is 11.1 Å². The lowest BCUT2D eigenvalue weighted by Gasteiger charge is -2.18. The maximum Gasteiger partial charge on any atom is 0.407 e. The van der Waals surface area contributed by atoms with Gasteiger partial charge in [0, 0.05) is 12.3 Å². The lowest BCUT2D eigenvalue weighted by Crippen LogP contribution is -2.43. The van der Waals surface area contributed by atoms with Gasteiger partial charge in [-0.05, 0) is 34.7 Å². The number of hydrogen-bond donors (Lipinski definition) is 2. The Morgan fingerprint density at radius 3 is 2.06 bits per heavy atom. The van der Waals surface area contributed by atoms with Crippen molar-refractivity contribution in [3.05, 3.63) is 95.6 Å². The van der Waals surface area contributed by atoms with E-state index in [0.29, 0.717) is 6.42 Å². The number of nitrogens with one attached hydrogen (secondary N) is 1. The molecule has 3 aromatic carbocycles. The SMILES string of the molecule is C[C@H](Cc1ccccc1)OC(=O)C[C@H](NC(=O)OCC1c2ccccc2-c2ccccc21)C(=O)O. The molecule has 0 spiro atoms. The molecule has 0 aliphatic heterocycles. The Labute approximate surface area is 203 Å². The van der Waals surface area contributed by atoms with Crippen LogP contribution in [0.15, 0.2) is 78.9 Å². The zero-order valence-corrected chi connectivity index (χ0v) is 19.3. The van der Waals surface area contributed by atoms with Crippen molar-refractivity contribution in [2.24, 2.45) is 0 Å². The number of aliphatic carboxylic acids is 1. The summed E-state index contributed by atoms with van der Waals surface area (Å²) < 4.78 is 10.7. The van der Waals surface area contributed by atoms with E-state index in [4.69, 9.17) is 9.47 Å². The molecule has 0 unspecified atom stereocenters. The zero-order valence-electron chi connectivity index (χ0n) is 19.3. The van der Waals surface area contributed by atoms with E-state index in [1.165, 1.54) is 0 Å². The molecule has 0 fully saturated rings. The van der Waals surface area contributed by atoms with E-state index in [-0.39, 0.29) is 12.5 Å². The summed E-state index contributed by atoms with van der Waals surface area (Å²) in [6, 6.07) is 23.9. The molecule has 2 N–H and O–H groups in total. The summed E-state index contributed by atoms with van der Waals surface area (Å²) in [6.45, 7) is 1.78. The van der Waals surface area contributed by atoms with Crippen molar-refractivity contribution in [2.75, 3.05) is 6.61 Å². The normalized spacial score (nSPS) is 13.7. The van der Waals surface area contributed by atoms with Gasteiger partial charge in [-0.1, -0.05) is 78.9 Å². The first-order chi connectivity index (χ1) is 16.9. The summed E-state index contributed by atoms with van der Waals surface area (Å²) >= 11 is 0. The molecule has 7 nitrogen and oxygen atoms in total. The first-order valence-corrected chi connectivity index (χ1v) is 11.5. The Balaban J connectivity index is 1.31. The third-order valence-electron chi connectivity index (χ3n) is 6.00. The second-order valence-electron chi connectivity index (χ2n) is 8.56. The summed E-state index contributed by atoms with van der Waals surface area (Å²) in [5, 5.41) is 11.8. The number of amides is 1. The number of carbonyl (C=O) groups excluding carboxylic acids is 2. The van der Waals surface area contributed by atoms with Gasteiger partial charge in [0.15, 0.2) is 0 Å². The van der Waals surface area contributed by atoms with Crippen LogP contribution >= 0.6 is 0 Å². The predicted molar refractivity (Wildman–Crippen MR) is 130 cm³/mol. The van der Waals surface area contributed by atoms with E-state index < -0.39 is 36.6 Å². The maximum atomic E-state index is 12.4. The number of carboxylic acids is 1. The number of esters is 1. The van der Waals surface area contributed by atoms with Gasteiger partial charge in [-0.2, -0.15) is 0 Å². The molecule has 0 aromatic heterocycles. The van der Waals surface area contributed by atoms with Crippen molar-refractivity contribution >= 4 is 18.0 Å². The monoisotopic (exact) mass is 473 g/mol. The third kappa shape index (κ3) is 5.87. The molecule has 0 bridgehead atoms. The van der Waals surface area contributed by atoms with Gasteiger partial charge in [0.1, 0.15) is 18.8 Å². The Kier molecular flexibility index (Phi) is 7.45. The molecule has 4 rings (SSSR count). The Bertz CT molecular complexity index is 1160. The molecule has 1 aliphatic carbocycles. The largest absolute Gasteiger partial charge is 0.480 e. The van der Waals surface area contributed by atoms with E-state index in [9.17, 15) is 19.5 Å². The molecule has 35 heavy (non-hydrogen) atoms. The Hall–Kier alpha value is -4.13. The van der Waals surface area contributed by atoms with Crippen molar-refractivity contribution in [3.63, 3.8) is 0 Å². The fourth-order valence-corrected chi connectivity index (χ4v) is 4.41. The quantitative estimate of drug-likeness (QED) is 0.443. The van der Waals surface area contributed by atoms with Gasteiger partial charge in [0.05, 0.1) is 6.42 Å². The van der Waals surface area contributed by atoms with Crippen LogP contribution in [0.5, 0.6) is 0 Å². The van der Waals surface area contributed by atoms with E-state index >= 15 is 0 Å². The van der Waals surface area contributed by atoms with Crippen LogP contribution in [-0.4, -0.2) is 41.9 Å². The third-order valence-corrected chi connectivity index (χ3v) is 6.00. The highest BCUT2D eigenvalue weighted by molar-refractivity contribution is 5.85. The molecule has 0 radical (unpaired) electrons. The maximum absolute atomic E-state index is 12.4. The van der Waals surface area contributed by atoms with E-state index in [1.54, 1.807) is 6.92 Å². The Morgan fingerprint density at radius 1 is 0.886 bits per heavy atom. The van der Waals surface area contributed by atoms with E-state index in [2.05, 4.69) is 5.32 Å². The summed E-state index contributed by atoms with van der Waals surface area (Å²) in [4.78, 5) is 36.4. The number of ether oxygens (including phenoxy) is 2. The van der Waals surface area contributed by atoms with Gasteiger partial charge in [-0.15, -0.1) is 0 Å². The molecule has 0 saturated carbocycles. The van der Waals surface area contributed by atoms with Gasteiger partial charge < -0.3 is 19.9 Å². The number of rotatable bonds is 9. The van der Waals surface area contributed by atoms with Gasteiger partial charge in [0.2, 0.25) is 0 Å². The minimum Gasteiger partial charge on any atom is -0.480 e. The first-order valence-electron chi connectivity index (χ1n) is 11.5. The molecule has 180 valence electrons. The van der Waals surface area contributed by atoms with Crippen LogP contribution in [0.4, 0.5) is 4.79 Å². The van der Waals surface area contributed by atoms with Gasteiger partial charge in [-0.25, -0.2) is 9.59 Å². The number of fused-ring (bicyclic) bond motifs is 3. The number of alkyl carbamates (subject to hydrolysis) is 1. The van der Waals surface area contributed by atoms with E-state index in [0.717, 1.165) is 27.8 Å². The average Bonchev–Trinajstić information content (AvgIpc) is 3.16. The van der Waals surface area contributed by atoms with Gasteiger partial charge in [0.25, 0.3) is 0 Å². The van der Waals surface area contributed by atoms with Crippen molar-refractivity contribution in [2.45, 2.75) is 37.8 Å². The van der Waals surface area contributed by atoms with Crippen LogP contribution in [0.2, 0.25) is 0 Å². The summed E-state index contributed by atoms with van der Waals surface area (Å²) in [5.41, 5.74) is 5.28. The fraction of sp³-hybridized carbons (Fsp3) is 0.250. The highest BCUT2D eigenvalue weighted by Crippen LogP contribution is 2.44. The molecule has 0 heterocycles. The Morgan fingerprint density at radius 2 is 1.46 bits per heavy atom. The topological polar surface area (TPSA) is 102 Å². The first kappa shape index (κ1) is 24.0. The molecule has 1 amide bonds. The van der Waals surface area contributed by atoms with Crippen molar-refractivity contribution in [1.29, 1.82) is 0 Å². The van der Waals surface area contributed by atoms with Crippen LogP contribution in [-0.2, 0) is 25.5 Å². The molecule has 7 heteroatoms. The second kappa shape index (κ2) is 10.9. The lowest BCUT2D eigenvalue weighted by molar-refractivity contribution is -0.152. The molecular formula is C28H27NO6. The van der Waals surface area contributed by atoms with Crippen LogP contribution in [0.3, 0.4) is 0 Å². The highest BCUT2D eigenvalue weighted by atomic mass is 16.6. The highest BCUT2D eigenvalue weighted by Gasteiger charge is 2.30.